The van der Waals surface area contributed by atoms with Gasteiger partial charge in [-0.1, -0.05) is 0 Å². The lowest BCUT2D eigenvalue weighted by Gasteiger charge is -2.35. The second kappa shape index (κ2) is 8.13. The van der Waals surface area contributed by atoms with Crippen molar-refractivity contribution in [2.45, 2.75) is 44.6 Å². The predicted octanol–water partition coefficient (Wildman–Crippen LogP) is 1.79. The first-order chi connectivity index (χ1) is 11.8. The Morgan fingerprint density at radius 1 is 1.21 bits per heavy atom. The minimum absolute atomic E-state index is 0.00470. The zero-order valence-electron chi connectivity index (χ0n) is 14.0. The first kappa shape index (κ1) is 16.7. The number of piperidine rings is 1. The van der Waals surface area contributed by atoms with Crippen molar-refractivity contribution in [1.29, 1.82) is 0 Å². The fourth-order valence-corrected chi connectivity index (χ4v) is 3.15. The molecular weight excluding hydrogens is 304 g/mol. The molecule has 2 fully saturated rings. The lowest BCUT2D eigenvalue weighted by molar-refractivity contribution is -0.143. The van der Waals surface area contributed by atoms with Crippen LogP contribution in [0.2, 0.25) is 0 Å². The van der Waals surface area contributed by atoms with E-state index < -0.39 is 0 Å². The number of amides is 2. The van der Waals surface area contributed by atoms with E-state index in [1.807, 2.05) is 17.0 Å². The number of nitrogens with zero attached hydrogens (tertiary/aromatic N) is 2. The number of rotatable bonds is 7. The highest BCUT2D eigenvalue weighted by Crippen LogP contribution is 2.33. The van der Waals surface area contributed by atoms with Crippen molar-refractivity contribution < 1.29 is 9.59 Å². The van der Waals surface area contributed by atoms with Crippen molar-refractivity contribution in [3.8, 4) is 0 Å². The van der Waals surface area contributed by atoms with Gasteiger partial charge in [0.2, 0.25) is 11.8 Å². The van der Waals surface area contributed by atoms with Gasteiger partial charge in [-0.25, -0.2) is 0 Å². The standard InChI is InChI=1S/C18H26N4O2/c23-17(21-11-4-10-20-15-5-3-9-19-13-15)16-6-1-2-12-22(16)18(24)14-7-8-14/h3,5,9,13-14,16,20H,1-2,4,6-8,10-12H2,(H,21,23)/t16-/m1/s1. The molecule has 1 saturated heterocycles. The van der Waals surface area contributed by atoms with Gasteiger partial charge in [-0.05, 0) is 50.7 Å². The molecule has 1 atom stereocenters. The molecule has 0 unspecified atom stereocenters. The lowest BCUT2D eigenvalue weighted by Crippen LogP contribution is -2.52. The number of hydrogen-bond acceptors (Lipinski definition) is 4. The largest absolute Gasteiger partial charge is 0.384 e. The highest BCUT2D eigenvalue weighted by Gasteiger charge is 2.39. The lowest BCUT2D eigenvalue weighted by atomic mass is 10.0. The molecule has 1 aliphatic carbocycles. The normalized spacial score (nSPS) is 20.5. The number of pyridine rings is 1. The van der Waals surface area contributed by atoms with Crippen LogP contribution in [0, 0.1) is 5.92 Å². The summed E-state index contributed by atoms with van der Waals surface area (Å²) in [7, 11) is 0. The molecule has 1 saturated carbocycles. The summed E-state index contributed by atoms with van der Waals surface area (Å²) < 4.78 is 0. The van der Waals surface area contributed by atoms with E-state index in [-0.39, 0.29) is 23.8 Å². The maximum atomic E-state index is 12.5. The molecule has 130 valence electrons. The molecule has 2 aliphatic rings. The summed E-state index contributed by atoms with van der Waals surface area (Å²) in [6, 6.07) is 3.59. The minimum Gasteiger partial charge on any atom is -0.384 e. The quantitative estimate of drug-likeness (QED) is 0.748. The molecule has 0 spiro atoms. The van der Waals surface area contributed by atoms with E-state index in [0.717, 1.165) is 57.3 Å². The topological polar surface area (TPSA) is 74.3 Å². The molecule has 6 nitrogen and oxygen atoms in total. The number of aromatic nitrogens is 1. The van der Waals surface area contributed by atoms with E-state index in [1.165, 1.54) is 0 Å². The zero-order valence-corrected chi connectivity index (χ0v) is 14.0. The minimum atomic E-state index is -0.266. The van der Waals surface area contributed by atoms with Gasteiger partial charge < -0.3 is 15.5 Å². The van der Waals surface area contributed by atoms with Crippen molar-refractivity contribution in [3.63, 3.8) is 0 Å². The van der Waals surface area contributed by atoms with E-state index >= 15 is 0 Å². The van der Waals surface area contributed by atoms with Crippen molar-refractivity contribution in [1.82, 2.24) is 15.2 Å². The third-order valence-corrected chi connectivity index (χ3v) is 4.66. The van der Waals surface area contributed by atoms with Crippen LogP contribution in [0.5, 0.6) is 0 Å². The first-order valence-corrected chi connectivity index (χ1v) is 8.98. The van der Waals surface area contributed by atoms with Crippen LogP contribution in [0.25, 0.3) is 0 Å². The average molecular weight is 330 g/mol. The van der Waals surface area contributed by atoms with E-state index in [9.17, 15) is 9.59 Å². The SMILES string of the molecule is O=C(NCCCNc1cccnc1)[C@H]1CCCCN1C(=O)C1CC1. The average Bonchev–Trinajstić information content (AvgIpc) is 3.47. The molecule has 1 aromatic rings. The number of anilines is 1. The van der Waals surface area contributed by atoms with Crippen molar-refractivity contribution in [2.75, 3.05) is 25.0 Å². The molecule has 0 aromatic carbocycles. The maximum Gasteiger partial charge on any atom is 0.242 e. The van der Waals surface area contributed by atoms with Crippen LogP contribution in [-0.4, -0.2) is 47.4 Å². The highest BCUT2D eigenvalue weighted by molar-refractivity contribution is 5.89. The Morgan fingerprint density at radius 2 is 2.08 bits per heavy atom. The monoisotopic (exact) mass is 330 g/mol. The van der Waals surface area contributed by atoms with Gasteiger partial charge in [0.25, 0.3) is 0 Å². The number of hydrogen-bond donors (Lipinski definition) is 2. The van der Waals surface area contributed by atoms with Gasteiger partial charge in [0.15, 0.2) is 0 Å². The van der Waals surface area contributed by atoms with Crippen molar-refractivity contribution in [2.24, 2.45) is 5.92 Å². The Hall–Kier alpha value is -2.11. The Bertz CT molecular complexity index is 559. The van der Waals surface area contributed by atoms with Crippen LogP contribution in [0.1, 0.15) is 38.5 Å². The molecular formula is C18H26N4O2. The second-order valence-corrected chi connectivity index (χ2v) is 6.63. The molecule has 0 radical (unpaired) electrons. The Balaban J connectivity index is 1.39. The highest BCUT2D eigenvalue weighted by atomic mass is 16.2. The molecule has 2 amide bonds. The molecule has 1 aromatic heterocycles. The third kappa shape index (κ3) is 4.46. The summed E-state index contributed by atoms with van der Waals surface area (Å²) in [5, 5.41) is 6.26. The summed E-state index contributed by atoms with van der Waals surface area (Å²) >= 11 is 0. The van der Waals surface area contributed by atoms with Gasteiger partial charge in [0.1, 0.15) is 6.04 Å². The molecule has 0 bridgehead atoms. The summed E-state index contributed by atoms with van der Waals surface area (Å²) in [6.07, 6.45) is 9.16. The van der Waals surface area contributed by atoms with E-state index in [0.29, 0.717) is 6.54 Å². The van der Waals surface area contributed by atoms with Crippen LogP contribution in [-0.2, 0) is 9.59 Å². The summed E-state index contributed by atoms with van der Waals surface area (Å²) in [6.45, 7) is 2.13. The first-order valence-electron chi connectivity index (χ1n) is 8.98. The number of nitrogens with one attached hydrogen (secondary N) is 2. The van der Waals surface area contributed by atoms with Crippen molar-refractivity contribution in [3.05, 3.63) is 24.5 Å². The number of likely N-dealkylation sites (tertiary alicyclic amines) is 1. The smallest absolute Gasteiger partial charge is 0.242 e. The van der Waals surface area contributed by atoms with Gasteiger partial charge in [0.05, 0.1) is 5.69 Å². The van der Waals surface area contributed by atoms with Crippen LogP contribution in [0.15, 0.2) is 24.5 Å². The van der Waals surface area contributed by atoms with E-state index in [2.05, 4.69) is 15.6 Å². The van der Waals surface area contributed by atoms with Crippen LogP contribution >= 0.6 is 0 Å². The Morgan fingerprint density at radius 3 is 2.83 bits per heavy atom. The number of carbonyl (C=O) groups excluding carboxylic acids is 2. The molecule has 3 rings (SSSR count). The second-order valence-electron chi connectivity index (χ2n) is 6.63. The fourth-order valence-electron chi connectivity index (χ4n) is 3.15. The van der Waals surface area contributed by atoms with Crippen LogP contribution in [0.4, 0.5) is 5.69 Å². The maximum absolute atomic E-state index is 12.5. The van der Waals surface area contributed by atoms with E-state index in [1.54, 1.807) is 12.4 Å². The summed E-state index contributed by atoms with van der Waals surface area (Å²) in [5.41, 5.74) is 0.984. The predicted molar refractivity (Wildman–Crippen MR) is 92.4 cm³/mol. The van der Waals surface area contributed by atoms with Gasteiger partial charge >= 0.3 is 0 Å². The van der Waals surface area contributed by atoms with Gasteiger partial charge in [-0.15, -0.1) is 0 Å². The Labute approximate surface area is 143 Å². The Kier molecular flexibility index (Phi) is 5.67. The summed E-state index contributed by atoms with van der Waals surface area (Å²) in [4.78, 5) is 30.7. The molecule has 1 aliphatic heterocycles. The third-order valence-electron chi connectivity index (χ3n) is 4.66. The fraction of sp³-hybridized carbons (Fsp3) is 0.611. The summed E-state index contributed by atoms with van der Waals surface area (Å²) in [5.74, 6) is 0.375. The molecule has 2 N–H and O–H groups in total. The van der Waals surface area contributed by atoms with Gasteiger partial charge in [0, 0.05) is 37.9 Å². The molecule has 6 heteroatoms. The van der Waals surface area contributed by atoms with E-state index in [4.69, 9.17) is 0 Å². The number of carbonyl (C=O) groups is 2. The van der Waals surface area contributed by atoms with Gasteiger partial charge in [-0.2, -0.15) is 0 Å². The van der Waals surface area contributed by atoms with Crippen molar-refractivity contribution >= 4 is 17.5 Å². The van der Waals surface area contributed by atoms with Crippen LogP contribution < -0.4 is 10.6 Å². The van der Waals surface area contributed by atoms with Crippen LogP contribution in [0.3, 0.4) is 0 Å². The zero-order chi connectivity index (χ0) is 16.8. The molecule has 24 heavy (non-hydrogen) atoms. The van der Waals surface area contributed by atoms with Gasteiger partial charge in [-0.3, -0.25) is 14.6 Å². The molecule has 2 heterocycles.